The third-order valence-electron chi connectivity index (χ3n) is 8.15. The summed E-state index contributed by atoms with van der Waals surface area (Å²) in [6, 6.07) is 28.3. The molecule has 9 nitrogen and oxygen atoms in total. The maximum absolute atomic E-state index is 14.3. The Morgan fingerprint density at radius 1 is 0.977 bits per heavy atom. The molecular formula is C33H33N6NaO3. The molecule has 1 unspecified atom stereocenters. The van der Waals surface area contributed by atoms with E-state index in [9.17, 15) is 14.4 Å². The van der Waals surface area contributed by atoms with Crippen molar-refractivity contribution >= 4 is 28.7 Å². The zero-order valence-corrected chi connectivity index (χ0v) is 26.7. The second-order valence-electron chi connectivity index (χ2n) is 10.8. The van der Waals surface area contributed by atoms with Crippen LogP contribution in [0.2, 0.25) is 0 Å². The predicted octanol–water partition coefficient (Wildman–Crippen LogP) is 0.608. The summed E-state index contributed by atoms with van der Waals surface area (Å²) in [7, 11) is 1.74. The number of aromatic nitrogens is 1. The number of likely N-dealkylation sites (N-methyl/N-ethyl adjacent to an activating group) is 1. The SMILES string of the molecule is C[C@H]1C2N(C(=O)CN(C)N2C(=O)NCc2ccccc2)[C@@H](Cc2cc[c-]cc2)C(=O)N1Cc1cccc2cccnc12.[Na+]. The van der Waals surface area contributed by atoms with Crippen molar-refractivity contribution < 1.29 is 43.9 Å². The number of pyridine rings is 1. The van der Waals surface area contributed by atoms with E-state index in [0.29, 0.717) is 19.5 Å². The van der Waals surface area contributed by atoms with Crippen molar-refractivity contribution in [2.24, 2.45) is 0 Å². The number of hydrazine groups is 1. The van der Waals surface area contributed by atoms with Crippen LogP contribution in [-0.2, 0) is 29.1 Å². The molecule has 2 saturated heterocycles. The minimum absolute atomic E-state index is 0. The van der Waals surface area contributed by atoms with E-state index in [-0.39, 0.29) is 53.9 Å². The largest absolute Gasteiger partial charge is 1.00 e. The quantitative estimate of drug-likeness (QED) is 0.265. The fourth-order valence-corrected chi connectivity index (χ4v) is 6.08. The second-order valence-corrected chi connectivity index (χ2v) is 10.8. The van der Waals surface area contributed by atoms with Crippen LogP contribution < -0.4 is 34.9 Å². The zero-order chi connectivity index (χ0) is 29.2. The van der Waals surface area contributed by atoms with E-state index in [1.165, 1.54) is 0 Å². The number of rotatable bonds is 6. The maximum Gasteiger partial charge on any atom is 1.00 e. The van der Waals surface area contributed by atoms with Gasteiger partial charge in [0.2, 0.25) is 11.8 Å². The van der Waals surface area contributed by atoms with Gasteiger partial charge in [-0.25, -0.2) is 14.8 Å². The van der Waals surface area contributed by atoms with Gasteiger partial charge in [-0.15, -0.1) is 0 Å². The maximum atomic E-state index is 14.3. The average molecular weight is 585 g/mol. The predicted molar refractivity (Wildman–Crippen MR) is 158 cm³/mol. The van der Waals surface area contributed by atoms with Crippen molar-refractivity contribution in [3.63, 3.8) is 0 Å². The first-order valence-electron chi connectivity index (χ1n) is 14.1. The van der Waals surface area contributed by atoms with Gasteiger partial charge in [0.25, 0.3) is 0 Å². The van der Waals surface area contributed by atoms with Gasteiger partial charge in [0, 0.05) is 31.7 Å². The third-order valence-corrected chi connectivity index (χ3v) is 8.15. The van der Waals surface area contributed by atoms with E-state index in [1.54, 1.807) is 45.2 Å². The third kappa shape index (κ3) is 6.17. The van der Waals surface area contributed by atoms with Gasteiger partial charge in [-0.3, -0.25) is 14.6 Å². The summed E-state index contributed by atoms with van der Waals surface area (Å²) in [5.74, 6) is -0.337. The van der Waals surface area contributed by atoms with Crippen LogP contribution in [0.3, 0.4) is 0 Å². The van der Waals surface area contributed by atoms with Gasteiger partial charge in [0.1, 0.15) is 12.2 Å². The summed E-state index contributed by atoms with van der Waals surface area (Å²) in [6.07, 6.45) is 1.38. The number of amides is 4. The Kier molecular flexibility index (Phi) is 9.46. The first-order valence-corrected chi connectivity index (χ1v) is 14.1. The Balaban J connectivity index is 0.00000368. The molecule has 4 aromatic rings. The molecule has 6 rings (SSSR count). The van der Waals surface area contributed by atoms with Gasteiger partial charge in [0.05, 0.1) is 18.1 Å². The summed E-state index contributed by atoms with van der Waals surface area (Å²) >= 11 is 0. The van der Waals surface area contributed by atoms with Crippen LogP contribution in [0.15, 0.2) is 91.1 Å². The molecule has 10 heteroatoms. The minimum Gasteiger partial charge on any atom is -0.333 e. The number of benzene rings is 3. The molecule has 0 bridgehead atoms. The molecule has 2 aliphatic heterocycles. The number of nitrogens with zero attached hydrogens (tertiary/aromatic N) is 5. The van der Waals surface area contributed by atoms with Gasteiger partial charge in [0.15, 0.2) is 0 Å². The average Bonchev–Trinajstić information content (AvgIpc) is 3.01. The molecule has 3 aromatic carbocycles. The van der Waals surface area contributed by atoms with Crippen molar-refractivity contribution in [1.82, 2.24) is 30.1 Å². The van der Waals surface area contributed by atoms with E-state index >= 15 is 0 Å². The molecule has 2 aliphatic rings. The summed E-state index contributed by atoms with van der Waals surface area (Å²) in [4.78, 5) is 49.8. The molecule has 2 fully saturated rings. The van der Waals surface area contributed by atoms with Crippen LogP contribution in [0.1, 0.15) is 23.6 Å². The first kappa shape index (κ1) is 30.7. The molecule has 4 amide bonds. The van der Waals surface area contributed by atoms with Crippen LogP contribution in [0.5, 0.6) is 0 Å². The molecule has 3 heterocycles. The van der Waals surface area contributed by atoms with E-state index in [4.69, 9.17) is 0 Å². The van der Waals surface area contributed by atoms with Crippen molar-refractivity contribution in [1.29, 1.82) is 0 Å². The van der Waals surface area contributed by atoms with Crippen molar-refractivity contribution in [3.8, 4) is 0 Å². The molecule has 1 aromatic heterocycles. The molecule has 214 valence electrons. The molecular weight excluding hydrogens is 551 g/mol. The number of carbonyl (C=O) groups excluding carboxylic acids is 3. The summed E-state index contributed by atoms with van der Waals surface area (Å²) in [5.41, 5.74) is 3.62. The van der Waals surface area contributed by atoms with Crippen LogP contribution in [0.25, 0.3) is 10.9 Å². The number of para-hydroxylation sites is 1. The molecule has 0 saturated carbocycles. The van der Waals surface area contributed by atoms with Gasteiger partial charge in [-0.2, -0.15) is 35.9 Å². The number of fused-ring (bicyclic) bond motifs is 2. The van der Waals surface area contributed by atoms with Gasteiger partial charge in [-0.05, 0) is 30.5 Å². The zero-order valence-electron chi connectivity index (χ0n) is 24.7. The molecule has 0 spiro atoms. The Labute approximate surface area is 273 Å². The number of urea groups is 1. The van der Waals surface area contributed by atoms with Gasteiger partial charge in [-0.1, -0.05) is 54.6 Å². The van der Waals surface area contributed by atoms with Crippen LogP contribution in [0.4, 0.5) is 4.79 Å². The molecule has 3 atom stereocenters. The fraction of sp³-hybridized carbons (Fsp3) is 0.273. The number of piperazine rings is 1. The number of hydrogen-bond donors (Lipinski definition) is 1. The fourth-order valence-electron chi connectivity index (χ4n) is 6.08. The first-order chi connectivity index (χ1) is 20.4. The second kappa shape index (κ2) is 13.3. The number of carbonyl (C=O) groups is 3. The Hall–Kier alpha value is -3.76. The van der Waals surface area contributed by atoms with Gasteiger partial charge < -0.3 is 15.1 Å². The van der Waals surface area contributed by atoms with E-state index < -0.39 is 18.2 Å². The van der Waals surface area contributed by atoms with E-state index in [0.717, 1.165) is 27.6 Å². The topological polar surface area (TPSA) is 89.1 Å². The standard InChI is InChI=1S/C33H33N6O3.Na/c1-23-31-38(29(40)22-36(2)39(31)33(42)35-20-25-13-7-4-8-14-25)28(19-24-11-5-3-6-12-24)32(41)37(23)21-27-16-9-15-26-17-10-18-34-30(26)27;/h4-18,23,28,31H,19-22H2,1-2H3,(H,35,42);/q-1;+1/t23-,28-,31?;/m0./s1. The Morgan fingerprint density at radius 3 is 2.49 bits per heavy atom. The number of hydrogen-bond acceptors (Lipinski definition) is 5. The normalized spacial score (nSPS) is 20.5. The summed E-state index contributed by atoms with van der Waals surface area (Å²) < 4.78 is 0. The Morgan fingerprint density at radius 2 is 1.72 bits per heavy atom. The van der Waals surface area contributed by atoms with Crippen molar-refractivity contribution in [3.05, 3.63) is 114 Å². The number of nitrogens with one attached hydrogen (secondary N) is 1. The van der Waals surface area contributed by atoms with Crippen LogP contribution in [-0.4, -0.2) is 74.5 Å². The van der Waals surface area contributed by atoms with Crippen molar-refractivity contribution in [2.45, 2.75) is 44.7 Å². The van der Waals surface area contributed by atoms with E-state index in [1.807, 2.05) is 79.7 Å². The molecule has 43 heavy (non-hydrogen) atoms. The smallest absolute Gasteiger partial charge is 0.333 e. The van der Waals surface area contributed by atoms with E-state index in [2.05, 4.69) is 16.4 Å². The molecule has 0 radical (unpaired) electrons. The monoisotopic (exact) mass is 584 g/mol. The minimum atomic E-state index is -0.776. The van der Waals surface area contributed by atoms with Gasteiger partial charge >= 0.3 is 35.6 Å². The molecule has 0 aliphatic carbocycles. The summed E-state index contributed by atoms with van der Waals surface area (Å²) in [5, 5.41) is 7.26. The Bertz CT molecular complexity index is 1600. The molecule has 1 N–H and O–H groups in total. The van der Waals surface area contributed by atoms with Crippen molar-refractivity contribution in [2.75, 3.05) is 13.6 Å². The van der Waals surface area contributed by atoms with Crippen LogP contribution in [0, 0.1) is 6.07 Å². The van der Waals surface area contributed by atoms with Crippen LogP contribution >= 0.6 is 0 Å². The summed E-state index contributed by atoms with van der Waals surface area (Å²) in [6.45, 7) is 2.54.